The Labute approximate surface area is 127 Å². The van der Waals surface area contributed by atoms with E-state index in [1.165, 1.54) is 6.42 Å². The predicted molar refractivity (Wildman–Crippen MR) is 82.8 cm³/mol. The minimum Gasteiger partial charge on any atom is -0.493 e. The minimum absolute atomic E-state index is 0.139. The van der Waals surface area contributed by atoms with Gasteiger partial charge in [0.1, 0.15) is 11.4 Å². The first-order valence-corrected chi connectivity index (χ1v) is 7.62. The highest BCUT2D eigenvalue weighted by Gasteiger charge is 2.21. The molecule has 5 heteroatoms. The first kappa shape index (κ1) is 14.1. The highest BCUT2D eigenvalue weighted by atomic mass is 35.5. The standard InChI is InChI=1S/C16H17ClN2O2/c17-12-9-5-4-8-11(12)13-15(20)18-14(19-16(13)21)10-6-2-1-3-7-10/h4-5,8-10H,1-3,6-7H2,(H2,18,19,20,21). The van der Waals surface area contributed by atoms with Gasteiger partial charge in [-0.3, -0.25) is 4.79 Å². The van der Waals surface area contributed by atoms with Gasteiger partial charge in [0, 0.05) is 16.5 Å². The van der Waals surface area contributed by atoms with Gasteiger partial charge in [0.2, 0.25) is 5.88 Å². The summed E-state index contributed by atoms with van der Waals surface area (Å²) in [6, 6.07) is 6.94. The normalized spacial score (nSPS) is 16.0. The zero-order chi connectivity index (χ0) is 14.8. The van der Waals surface area contributed by atoms with Crippen LogP contribution in [0, 0.1) is 0 Å². The van der Waals surface area contributed by atoms with Gasteiger partial charge in [-0.1, -0.05) is 49.1 Å². The Morgan fingerprint density at radius 2 is 1.90 bits per heavy atom. The molecule has 2 N–H and O–H groups in total. The molecule has 1 aromatic carbocycles. The van der Waals surface area contributed by atoms with Gasteiger partial charge in [-0.15, -0.1) is 0 Å². The van der Waals surface area contributed by atoms with E-state index < -0.39 is 0 Å². The summed E-state index contributed by atoms with van der Waals surface area (Å²) in [4.78, 5) is 19.4. The maximum Gasteiger partial charge on any atom is 0.262 e. The van der Waals surface area contributed by atoms with Crippen molar-refractivity contribution in [3.8, 4) is 17.0 Å². The first-order chi connectivity index (χ1) is 10.2. The van der Waals surface area contributed by atoms with Crippen molar-refractivity contribution in [2.45, 2.75) is 38.0 Å². The molecule has 1 aromatic heterocycles. The van der Waals surface area contributed by atoms with E-state index in [1.54, 1.807) is 24.3 Å². The van der Waals surface area contributed by atoms with Crippen LogP contribution < -0.4 is 5.56 Å². The van der Waals surface area contributed by atoms with Crippen molar-refractivity contribution in [2.75, 3.05) is 0 Å². The number of H-pyrrole nitrogens is 1. The molecule has 1 aliphatic rings. The lowest BCUT2D eigenvalue weighted by atomic mass is 9.88. The van der Waals surface area contributed by atoms with E-state index in [0.29, 0.717) is 16.4 Å². The SMILES string of the molecule is O=c1[nH]c(C2CCCCC2)nc(O)c1-c1ccccc1Cl. The number of hydrogen-bond donors (Lipinski definition) is 2. The zero-order valence-corrected chi connectivity index (χ0v) is 12.4. The van der Waals surface area contributed by atoms with Crippen LogP contribution in [-0.4, -0.2) is 15.1 Å². The van der Waals surface area contributed by atoms with Crippen molar-refractivity contribution < 1.29 is 5.11 Å². The number of aromatic nitrogens is 2. The lowest BCUT2D eigenvalue weighted by molar-refractivity contribution is 0.410. The first-order valence-electron chi connectivity index (χ1n) is 7.25. The Kier molecular flexibility index (Phi) is 3.97. The van der Waals surface area contributed by atoms with Gasteiger partial charge in [0.15, 0.2) is 0 Å². The monoisotopic (exact) mass is 304 g/mol. The molecule has 21 heavy (non-hydrogen) atoms. The predicted octanol–water partition coefficient (Wildman–Crippen LogP) is 3.84. The second kappa shape index (κ2) is 5.90. The molecule has 1 aliphatic carbocycles. The van der Waals surface area contributed by atoms with Gasteiger partial charge < -0.3 is 10.1 Å². The van der Waals surface area contributed by atoms with Crippen molar-refractivity contribution in [3.05, 3.63) is 45.5 Å². The number of nitrogens with zero attached hydrogens (tertiary/aromatic N) is 1. The van der Waals surface area contributed by atoms with E-state index >= 15 is 0 Å². The zero-order valence-electron chi connectivity index (χ0n) is 11.6. The lowest BCUT2D eigenvalue weighted by Gasteiger charge is -2.20. The van der Waals surface area contributed by atoms with Crippen molar-refractivity contribution in [1.82, 2.24) is 9.97 Å². The number of rotatable bonds is 2. The molecule has 0 saturated heterocycles. The molecule has 4 nitrogen and oxygen atoms in total. The molecule has 0 bridgehead atoms. The Bertz CT molecular complexity index is 706. The summed E-state index contributed by atoms with van der Waals surface area (Å²) >= 11 is 6.10. The average molecular weight is 305 g/mol. The van der Waals surface area contributed by atoms with E-state index in [4.69, 9.17) is 11.6 Å². The Hall–Kier alpha value is -1.81. The van der Waals surface area contributed by atoms with Gasteiger partial charge in [0.05, 0.1) is 0 Å². The van der Waals surface area contributed by atoms with Crippen molar-refractivity contribution in [3.63, 3.8) is 0 Å². The Morgan fingerprint density at radius 1 is 1.19 bits per heavy atom. The van der Waals surface area contributed by atoms with E-state index in [0.717, 1.165) is 25.7 Å². The number of hydrogen-bond acceptors (Lipinski definition) is 3. The fraction of sp³-hybridized carbons (Fsp3) is 0.375. The second-order valence-corrected chi connectivity index (χ2v) is 5.87. The molecular weight excluding hydrogens is 288 g/mol. The van der Waals surface area contributed by atoms with Crippen LogP contribution >= 0.6 is 11.6 Å². The van der Waals surface area contributed by atoms with E-state index in [2.05, 4.69) is 9.97 Å². The quantitative estimate of drug-likeness (QED) is 0.885. The molecule has 0 amide bonds. The van der Waals surface area contributed by atoms with E-state index in [9.17, 15) is 9.90 Å². The summed E-state index contributed by atoms with van der Waals surface area (Å²) in [5.41, 5.74) is 0.303. The molecule has 110 valence electrons. The molecule has 3 rings (SSSR count). The number of halogens is 1. The molecule has 0 radical (unpaired) electrons. The third-order valence-electron chi connectivity index (χ3n) is 4.05. The molecule has 0 atom stereocenters. The van der Waals surface area contributed by atoms with Gasteiger partial charge >= 0.3 is 0 Å². The van der Waals surface area contributed by atoms with Crippen LogP contribution in [0.4, 0.5) is 0 Å². The van der Waals surface area contributed by atoms with Crippen LogP contribution in [0.25, 0.3) is 11.1 Å². The van der Waals surface area contributed by atoms with Gasteiger partial charge in [-0.25, -0.2) is 0 Å². The largest absolute Gasteiger partial charge is 0.493 e. The maximum absolute atomic E-state index is 12.3. The second-order valence-electron chi connectivity index (χ2n) is 5.46. The number of nitrogens with one attached hydrogen (secondary N) is 1. The summed E-state index contributed by atoms with van der Waals surface area (Å²) in [6.45, 7) is 0. The van der Waals surface area contributed by atoms with Crippen LogP contribution in [-0.2, 0) is 0 Å². The Morgan fingerprint density at radius 3 is 2.57 bits per heavy atom. The minimum atomic E-state index is -0.337. The fourth-order valence-corrected chi connectivity index (χ4v) is 3.18. The number of aromatic amines is 1. The smallest absolute Gasteiger partial charge is 0.262 e. The summed E-state index contributed by atoms with van der Waals surface area (Å²) in [6.07, 6.45) is 5.52. The van der Waals surface area contributed by atoms with Gasteiger partial charge in [-0.2, -0.15) is 4.98 Å². The summed E-state index contributed by atoms with van der Waals surface area (Å²) < 4.78 is 0. The summed E-state index contributed by atoms with van der Waals surface area (Å²) in [7, 11) is 0. The third-order valence-corrected chi connectivity index (χ3v) is 4.38. The van der Waals surface area contributed by atoms with Crippen LogP contribution in [0.2, 0.25) is 5.02 Å². The molecule has 1 heterocycles. The molecule has 0 unspecified atom stereocenters. The highest BCUT2D eigenvalue weighted by molar-refractivity contribution is 6.33. The van der Waals surface area contributed by atoms with E-state index in [-0.39, 0.29) is 22.9 Å². The fourth-order valence-electron chi connectivity index (χ4n) is 2.95. The van der Waals surface area contributed by atoms with Crippen molar-refractivity contribution in [2.24, 2.45) is 0 Å². The van der Waals surface area contributed by atoms with Crippen LogP contribution in [0.15, 0.2) is 29.1 Å². The summed E-state index contributed by atoms with van der Waals surface area (Å²) in [5.74, 6) is 0.582. The molecule has 2 aromatic rings. The van der Waals surface area contributed by atoms with Crippen LogP contribution in [0.1, 0.15) is 43.8 Å². The van der Waals surface area contributed by atoms with Crippen LogP contribution in [0.5, 0.6) is 5.88 Å². The topological polar surface area (TPSA) is 66.0 Å². The average Bonchev–Trinajstić information content (AvgIpc) is 2.49. The third kappa shape index (κ3) is 2.81. The highest BCUT2D eigenvalue weighted by Crippen LogP contribution is 2.34. The number of aromatic hydroxyl groups is 1. The van der Waals surface area contributed by atoms with Crippen molar-refractivity contribution in [1.29, 1.82) is 0 Å². The van der Waals surface area contributed by atoms with Gasteiger partial charge in [-0.05, 0) is 18.9 Å². The van der Waals surface area contributed by atoms with Gasteiger partial charge in [0.25, 0.3) is 5.56 Å². The summed E-state index contributed by atoms with van der Waals surface area (Å²) in [5, 5.41) is 10.6. The molecule has 0 spiro atoms. The molecule has 1 saturated carbocycles. The number of benzene rings is 1. The molecule has 0 aliphatic heterocycles. The molecule has 1 fully saturated rings. The van der Waals surface area contributed by atoms with Crippen LogP contribution in [0.3, 0.4) is 0 Å². The Balaban J connectivity index is 2.05. The van der Waals surface area contributed by atoms with E-state index in [1.807, 2.05) is 0 Å². The maximum atomic E-state index is 12.3. The molecular formula is C16H17ClN2O2. The lowest BCUT2D eigenvalue weighted by Crippen LogP contribution is -2.18. The van der Waals surface area contributed by atoms with Crippen molar-refractivity contribution >= 4 is 11.6 Å².